The van der Waals surface area contributed by atoms with Crippen LogP contribution in [0.2, 0.25) is 0 Å². The number of hydrogen-bond donors (Lipinski definition) is 2. The number of hydrogen-bond acceptors (Lipinski definition) is 2. The Morgan fingerprint density at radius 2 is 2.00 bits per heavy atom. The molecule has 0 heterocycles. The molecule has 0 amide bonds. The van der Waals surface area contributed by atoms with Crippen LogP contribution >= 0.6 is 11.6 Å². The molecule has 0 aliphatic rings. The highest BCUT2D eigenvalue weighted by Gasteiger charge is 2.36. The summed E-state index contributed by atoms with van der Waals surface area (Å²) in [6.45, 7) is 3.65. The van der Waals surface area contributed by atoms with Crippen LogP contribution in [0.25, 0.3) is 0 Å². The third-order valence-electron chi connectivity index (χ3n) is 1.30. The fraction of sp³-hybridized carbons (Fsp3) is 1.00. The number of alkyl halides is 3. The SMILES string of the molecule is CC(C)CC(NN)C(F)(F)Cl. The van der Waals surface area contributed by atoms with E-state index >= 15 is 0 Å². The molecule has 0 aliphatic carbocycles. The smallest absolute Gasteiger partial charge is 0.271 e. The molecule has 0 aliphatic heterocycles. The van der Waals surface area contributed by atoms with Gasteiger partial charge in [0.15, 0.2) is 0 Å². The van der Waals surface area contributed by atoms with E-state index in [9.17, 15) is 8.78 Å². The van der Waals surface area contributed by atoms with E-state index < -0.39 is 11.4 Å². The molecule has 0 aromatic heterocycles. The van der Waals surface area contributed by atoms with Crippen LogP contribution in [-0.4, -0.2) is 11.4 Å². The third kappa shape index (κ3) is 4.50. The highest BCUT2D eigenvalue weighted by molar-refractivity contribution is 6.22. The lowest BCUT2D eigenvalue weighted by molar-refractivity contribution is 0.0416. The standard InChI is InChI=1S/C6H13ClF2N2/c1-4(2)3-5(11-10)6(7,8)9/h4-5,11H,3,10H2,1-2H3. The van der Waals surface area contributed by atoms with E-state index in [4.69, 9.17) is 17.4 Å². The number of rotatable bonds is 4. The Morgan fingerprint density at radius 1 is 1.55 bits per heavy atom. The first-order valence-electron chi connectivity index (χ1n) is 3.40. The normalized spacial score (nSPS) is 15.5. The van der Waals surface area contributed by atoms with Crippen molar-refractivity contribution in [2.75, 3.05) is 0 Å². The molecule has 0 aromatic rings. The van der Waals surface area contributed by atoms with Crippen LogP contribution in [0.3, 0.4) is 0 Å². The van der Waals surface area contributed by atoms with E-state index in [1.165, 1.54) is 0 Å². The van der Waals surface area contributed by atoms with Gasteiger partial charge in [0, 0.05) is 0 Å². The third-order valence-corrected chi connectivity index (χ3v) is 1.57. The zero-order valence-corrected chi connectivity index (χ0v) is 7.33. The van der Waals surface area contributed by atoms with Gasteiger partial charge in [-0.15, -0.1) is 0 Å². The number of halogens is 3. The maximum absolute atomic E-state index is 12.4. The topological polar surface area (TPSA) is 38.0 Å². The minimum Gasteiger partial charge on any atom is -0.271 e. The maximum atomic E-state index is 12.4. The first-order chi connectivity index (χ1) is 4.88. The minimum atomic E-state index is -3.26. The highest BCUT2D eigenvalue weighted by atomic mass is 35.5. The summed E-state index contributed by atoms with van der Waals surface area (Å²) in [5, 5.41) is -3.26. The van der Waals surface area contributed by atoms with Gasteiger partial charge in [-0.25, -0.2) is 5.43 Å². The van der Waals surface area contributed by atoms with Gasteiger partial charge in [-0.05, 0) is 23.9 Å². The van der Waals surface area contributed by atoms with Crippen LogP contribution in [0.1, 0.15) is 20.3 Å². The zero-order valence-electron chi connectivity index (χ0n) is 6.57. The van der Waals surface area contributed by atoms with Crippen LogP contribution in [-0.2, 0) is 0 Å². The number of nitrogens with one attached hydrogen (secondary N) is 1. The lowest BCUT2D eigenvalue weighted by Gasteiger charge is -2.21. The second-order valence-corrected chi connectivity index (χ2v) is 3.39. The zero-order chi connectivity index (χ0) is 9.07. The van der Waals surface area contributed by atoms with Crippen molar-refractivity contribution in [3.05, 3.63) is 0 Å². The fourth-order valence-corrected chi connectivity index (χ4v) is 0.920. The summed E-state index contributed by atoms with van der Waals surface area (Å²) >= 11 is 4.77. The number of nitrogens with two attached hydrogens (primary N) is 1. The van der Waals surface area contributed by atoms with Gasteiger partial charge in [-0.3, -0.25) is 5.84 Å². The van der Waals surface area contributed by atoms with Gasteiger partial charge in [0.1, 0.15) is 0 Å². The number of hydrazine groups is 1. The summed E-state index contributed by atoms with van der Waals surface area (Å²) < 4.78 is 24.7. The Labute approximate surface area is 70.1 Å². The van der Waals surface area contributed by atoms with Crippen molar-refractivity contribution in [1.29, 1.82) is 0 Å². The molecule has 0 bridgehead atoms. The largest absolute Gasteiger partial charge is 0.338 e. The molecule has 0 fully saturated rings. The predicted octanol–water partition coefficient (Wildman–Crippen LogP) is 1.70. The summed E-state index contributed by atoms with van der Waals surface area (Å²) in [5.41, 5.74) is 1.99. The molecule has 2 nitrogen and oxygen atoms in total. The Kier molecular flexibility index (Phi) is 4.21. The molecule has 0 aromatic carbocycles. The summed E-state index contributed by atoms with van der Waals surface area (Å²) in [6, 6.07) is -1.15. The molecule has 3 N–H and O–H groups in total. The molecule has 0 radical (unpaired) electrons. The quantitative estimate of drug-likeness (QED) is 0.399. The van der Waals surface area contributed by atoms with Crippen molar-refractivity contribution < 1.29 is 8.78 Å². The second-order valence-electron chi connectivity index (χ2n) is 2.89. The van der Waals surface area contributed by atoms with Gasteiger partial charge < -0.3 is 0 Å². The second kappa shape index (κ2) is 4.18. The van der Waals surface area contributed by atoms with E-state index in [0.717, 1.165) is 0 Å². The summed E-state index contributed by atoms with van der Waals surface area (Å²) in [5.74, 6) is 5.03. The van der Waals surface area contributed by atoms with Crippen molar-refractivity contribution in [3.63, 3.8) is 0 Å². The first-order valence-corrected chi connectivity index (χ1v) is 3.78. The van der Waals surface area contributed by atoms with Gasteiger partial charge in [0.2, 0.25) is 0 Å². The van der Waals surface area contributed by atoms with E-state index in [2.05, 4.69) is 0 Å². The molecule has 1 unspecified atom stereocenters. The minimum absolute atomic E-state index is 0.140. The predicted molar refractivity (Wildman–Crippen MR) is 41.4 cm³/mol. The van der Waals surface area contributed by atoms with Gasteiger partial charge in [-0.1, -0.05) is 13.8 Å². The Balaban J connectivity index is 3.96. The van der Waals surface area contributed by atoms with E-state index in [1.807, 2.05) is 19.3 Å². The molecule has 0 saturated heterocycles. The molecule has 0 saturated carbocycles. The fourth-order valence-electron chi connectivity index (χ4n) is 0.768. The van der Waals surface area contributed by atoms with Crippen LogP contribution in [0.5, 0.6) is 0 Å². The van der Waals surface area contributed by atoms with Crippen molar-refractivity contribution in [1.82, 2.24) is 5.43 Å². The average molecular weight is 187 g/mol. The van der Waals surface area contributed by atoms with Crippen LogP contribution in [0.15, 0.2) is 0 Å². The lowest BCUT2D eigenvalue weighted by Crippen LogP contribution is -2.46. The van der Waals surface area contributed by atoms with E-state index in [-0.39, 0.29) is 12.3 Å². The van der Waals surface area contributed by atoms with Gasteiger partial charge in [-0.2, -0.15) is 8.78 Å². The van der Waals surface area contributed by atoms with Gasteiger partial charge in [0.25, 0.3) is 0 Å². The van der Waals surface area contributed by atoms with E-state index in [0.29, 0.717) is 0 Å². The molecule has 1 atom stereocenters. The monoisotopic (exact) mass is 186 g/mol. The summed E-state index contributed by atoms with van der Waals surface area (Å²) in [4.78, 5) is 0. The molecule has 0 spiro atoms. The van der Waals surface area contributed by atoms with Crippen molar-refractivity contribution in [3.8, 4) is 0 Å². The molecule has 5 heteroatoms. The van der Waals surface area contributed by atoms with Gasteiger partial charge in [0.05, 0.1) is 6.04 Å². The van der Waals surface area contributed by atoms with Crippen LogP contribution in [0.4, 0.5) is 8.78 Å². The molecular formula is C6H13ClF2N2. The van der Waals surface area contributed by atoms with E-state index in [1.54, 1.807) is 0 Å². The van der Waals surface area contributed by atoms with Crippen LogP contribution < -0.4 is 11.3 Å². The average Bonchev–Trinajstić information content (AvgIpc) is 1.79. The van der Waals surface area contributed by atoms with Crippen molar-refractivity contribution in [2.45, 2.75) is 31.7 Å². The van der Waals surface area contributed by atoms with Crippen molar-refractivity contribution >= 4 is 11.6 Å². The Morgan fingerprint density at radius 3 is 2.09 bits per heavy atom. The van der Waals surface area contributed by atoms with Gasteiger partial charge >= 0.3 is 5.38 Å². The highest BCUT2D eigenvalue weighted by Crippen LogP contribution is 2.26. The molecule has 11 heavy (non-hydrogen) atoms. The first kappa shape index (κ1) is 11.1. The van der Waals surface area contributed by atoms with Crippen molar-refractivity contribution in [2.24, 2.45) is 11.8 Å². The maximum Gasteiger partial charge on any atom is 0.338 e. The summed E-state index contributed by atoms with van der Waals surface area (Å²) in [6.07, 6.45) is 0.257. The van der Waals surface area contributed by atoms with Crippen LogP contribution in [0, 0.1) is 5.92 Å². The lowest BCUT2D eigenvalue weighted by atomic mass is 10.0. The Bertz CT molecular complexity index is 114. The molecular weight excluding hydrogens is 174 g/mol. The Hall–Kier alpha value is 0.0700. The molecule has 68 valence electrons. The summed E-state index contributed by atoms with van der Waals surface area (Å²) in [7, 11) is 0. The molecule has 0 rings (SSSR count).